The third kappa shape index (κ3) is 2.15. The lowest BCUT2D eigenvalue weighted by atomic mass is 9.90. The maximum Gasteiger partial charge on any atom is 0.339 e. The molecule has 0 radical (unpaired) electrons. The van der Waals surface area contributed by atoms with Crippen molar-refractivity contribution in [3.63, 3.8) is 0 Å². The van der Waals surface area contributed by atoms with E-state index in [1.54, 1.807) is 6.07 Å². The average Bonchev–Trinajstić information content (AvgIpc) is 3.12. The highest BCUT2D eigenvalue weighted by molar-refractivity contribution is 6.07. The van der Waals surface area contributed by atoms with Gasteiger partial charge in [-0.1, -0.05) is 30.3 Å². The van der Waals surface area contributed by atoms with Crippen molar-refractivity contribution < 1.29 is 13.9 Å². The second-order valence-electron chi connectivity index (χ2n) is 7.12. The summed E-state index contributed by atoms with van der Waals surface area (Å²) in [6.07, 6.45) is 2.48. The normalized spacial score (nSPS) is 18.5. The molecular formula is C22H18O4. The van der Waals surface area contributed by atoms with Gasteiger partial charge in [0.15, 0.2) is 5.78 Å². The lowest BCUT2D eigenvalue weighted by Crippen LogP contribution is -2.22. The van der Waals surface area contributed by atoms with Crippen molar-refractivity contribution in [3.8, 4) is 5.75 Å². The van der Waals surface area contributed by atoms with Crippen molar-refractivity contribution in [1.29, 1.82) is 0 Å². The second kappa shape index (κ2) is 5.56. The van der Waals surface area contributed by atoms with Crippen molar-refractivity contribution in [3.05, 3.63) is 74.6 Å². The average molecular weight is 346 g/mol. The summed E-state index contributed by atoms with van der Waals surface area (Å²) < 4.78 is 11.9. The van der Waals surface area contributed by atoms with Gasteiger partial charge in [0.05, 0.1) is 17.4 Å². The summed E-state index contributed by atoms with van der Waals surface area (Å²) in [5.74, 6) is 0.671. The zero-order chi connectivity index (χ0) is 17.8. The van der Waals surface area contributed by atoms with Gasteiger partial charge in [-0.2, -0.15) is 0 Å². The van der Waals surface area contributed by atoms with Gasteiger partial charge < -0.3 is 9.15 Å². The van der Waals surface area contributed by atoms with Gasteiger partial charge in [-0.25, -0.2) is 4.79 Å². The molecule has 0 spiro atoms. The Bertz CT molecular complexity index is 1110. The van der Waals surface area contributed by atoms with E-state index >= 15 is 0 Å². The lowest BCUT2D eigenvalue weighted by Gasteiger charge is -2.28. The van der Waals surface area contributed by atoms with E-state index in [4.69, 9.17) is 9.15 Å². The Labute approximate surface area is 150 Å². The molecule has 130 valence electrons. The SMILES string of the molecule is Cc1cc2oc(=O)c3c(c2c2c1C(=O)C[C@H](c1ccccc1)O2)CCC3. The third-order valence-electron chi connectivity index (χ3n) is 5.49. The summed E-state index contributed by atoms with van der Waals surface area (Å²) in [6.45, 7) is 1.87. The first-order valence-corrected chi connectivity index (χ1v) is 9.00. The first kappa shape index (κ1) is 15.4. The van der Waals surface area contributed by atoms with Gasteiger partial charge >= 0.3 is 5.63 Å². The molecule has 0 saturated carbocycles. The van der Waals surface area contributed by atoms with Crippen LogP contribution in [0.4, 0.5) is 0 Å². The molecule has 4 heteroatoms. The molecule has 0 saturated heterocycles. The van der Waals surface area contributed by atoms with Gasteiger partial charge in [-0.05, 0) is 48.9 Å². The van der Waals surface area contributed by atoms with Gasteiger partial charge in [-0.3, -0.25) is 4.79 Å². The molecule has 1 aliphatic carbocycles. The smallest absolute Gasteiger partial charge is 0.339 e. The maximum absolute atomic E-state index is 12.9. The van der Waals surface area contributed by atoms with Crippen molar-refractivity contribution >= 4 is 16.8 Å². The quantitative estimate of drug-likeness (QED) is 0.617. The monoisotopic (exact) mass is 346 g/mol. The molecule has 0 amide bonds. The van der Waals surface area contributed by atoms with Crippen LogP contribution < -0.4 is 10.4 Å². The van der Waals surface area contributed by atoms with Crippen LogP contribution in [-0.4, -0.2) is 5.78 Å². The summed E-state index contributed by atoms with van der Waals surface area (Å²) in [6, 6.07) is 11.6. The van der Waals surface area contributed by atoms with Gasteiger partial charge in [-0.15, -0.1) is 0 Å². The van der Waals surface area contributed by atoms with Gasteiger partial charge in [0, 0.05) is 5.56 Å². The number of ketones is 1. The molecule has 0 fully saturated rings. The van der Waals surface area contributed by atoms with Gasteiger partial charge in [0.2, 0.25) is 0 Å². The minimum Gasteiger partial charge on any atom is -0.484 e. The molecule has 1 aromatic heterocycles. The number of fused-ring (bicyclic) bond motifs is 5. The van der Waals surface area contributed by atoms with Crippen molar-refractivity contribution in [1.82, 2.24) is 0 Å². The Balaban J connectivity index is 1.79. The topological polar surface area (TPSA) is 56.5 Å². The molecule has 4 nitrogen and oxygen atoms in total. The van der Waals surface area contributed by atoms with Crippen LogP contribution in [0, 0.1) is 6.92 Å². The maximum atomic E-state index is 12.9. The van der Waals surface area contributed by atoms with Gasteiger partial charge in [0.1, 0.15) is 17.4 Å². The Hall–Kier alpha value is -2.88. The summed E-state index contributed by atoms with van der Waals surface area (Å²) in [4.78, 5) is 25.2. The fraction of sp³-hybridized carbons (Fsp3) is 0.273. The molecule has 0 unspecified atom stereocenters. The minimum atomic E-state index is -0.315. The van der Waals surface area contributed by atoms with E-state index in [2.05, 4.69) is 0 Å². The van der Waals surface area contributed by atoms with Crippen molar-refractivity contribution in [2.24, 2.45) is 0 Å². The van der Waals surface area contributed by atoms with Crippen LogP contribution in [-0.2, 0) is 12.8 Å². The number of carbonyl (C=O) groups excluding carboxylic acids is 1. The number of hydrogen-bond acceptors (Lipinski definition) is 4. The van der Waals surface area contributed by atoms with E-state index in [1.807, 2.05) is 37.3 Å². The van der Waals surface area contributed by atoms with Crippen LogP contribution >= 0.6 is 0 Å². The number of benzene rings is 2. The predicted octanol–water partition coefficient (Wildman–Crippen LogP) is 4.30. The molecule has 0 bridgehead atoms. The number of carbonyl (C=O) groups is 1. The van der Waals surface area contributed by atoms with Crippen LogP contribution in [0.15, 0.2) is 45.6 Å². The Morgan fingerprint density at radius 2 is 1.81 bits per heavy atom. The van der Waals surface area contributed by atoms with Crippen molar-refractivity contribution in [2.45, 2.75) is 38.7 Å². The largest absolute Gasteiger partial charge is 0.484 e. The van der Waals surface area contributed by atoms with E-state index in [0.29, 0.717) is 23.3 Å². The highest BCUT2D eigenvalue weighted by atomic mass is 16.5. The highest BCUT2D eigenvalue weighted by Gasteiger charge is 2.33. The highest BCUT2D eigenvalue weighted by Crippen LogP contribution is 2.44. The van der Waals surface area contributed by atoms with E-state index < -0.39 is 0 Å². The number of hydrogen-bond donors (Lipinski definition) is 0. The van der Waals surface area contributed by atoms with E-state index in [-0.39, 0.29) is 17.5 Å². The number of Topliss-reactive ketones (excluding diaryl/α,β-unsaturated/α-hetero) is 1. The number of rotatable bonds is 1. The standard InChI is InChI=1S/C22H18O4/c1-12-10-18-20(14-8-5-9-15(14)22(24)26-18)21-19(12)16(23)11-17(25-21)13-6-3-2-4-7-13/h2-4,6-7,10,17H,5,8-9,11H2,1H3/t17-/m1/s1. The number of aryl methyl sites for hydroxylation is 2. The van der Waals surface area contributed by atoms with Crippen molar-refractivity contribution in [2.75, 3.05) is 0 Å². The summed E-state index contributed by atoms with van der Waals surface area (Å²) in [5.41, 5.74) is 4.41. The first-order chi connectivity index (χ1) is 12.6. The van der Waals surface area contributed by atoms with Crippen LogP contribution in [0.3, 0.4) is 0 Å². The molecule has 1 atom stereocenters. The van der Waals surface area contributed by atoms with Crippen LogP contribution in [0.1, 0.15) is 51.6 Å². The fourth-order valence-corrected chi connectivity index (χ4v) is 4.30. The zero-order valence-corrected chi connectivity index (χ0v) is 14.5. The Morgan fingerprint density at radius 1 is 1.04 bits per heavy atom. The van der Waals surface area contributed by atoms with E-state index in [1.165, 1.54) is 0 Å². The predicted molar refractivity (Wildman–Crippen MR) is 98.0 cm³/mol. The van der Waals surface area contributed by atoms with Crippen LogP contribution in [0.5, 0.6) is 5.75 Å². The summed E-state index contributed by atoms with van der Waals surface area (Å²) in [7, 11) is 0. The summed E-state index contributed by atoms with van der Waals surface area (Å²) in [5, 5.41) is 0.812. The van der Waals surface area contributed by atoms with Gasteiger partial charge in [0.25, 0.3) is 0 Å². The second-order valence-corrected chi connectivity index (χ2v) is 7.12. The molecule has 2 aliphatic rings. The van der Waals surface area contributed by atoms with Crippen LogP contribution in [0.25, 0.3) is 11.0 Å². The minimum absolute atomic E-state index is 0.0810. The Morgan fingerprint density at radius 3 is 2.62 bits per heavy atom. The molecule has 2 heterocycles. The molecule has 26 heavy (non-hydrogen) atoms. The first-order valence-electron chi connectivity index (χ1n) is 9.00. The molecule has 1 aliphatic heterocycles. The fourth-order valence-electron chi connectivity index (χ4n) is 4.30. The van der Waals surface area contributed by atoms with E-state index in [9.17, 15) is 9.59 Å². The number of ether oxygens (including phenoxy) is 1. The zero-order valence-electron chi connectivity index (χ0n) is 14.5. The molecule has 5 rings (SSSR count). The van der Waals surface area contributed by atoms with Crippen LogP contribution in [0.2, 0.25) is 0 Å². The lowest BCUT2D eigenvalue weighted by molar-refractivity contribution is 0.0852. The molecular weight excluding hydrogens is 328 g/mol. The summed E-state index contributed by atoms with van der Waals surface area (Å²) >= 11 is 0. The molecule has 2 aromatic carbocycles. The molecule has 3 aromatic rings. The molecule has 0 N–H and O–H groups in total. The van der Waals surface area contributed by atoms with E-state index in [0.717, 1.165) is 46.9 Å². The Kier molecular flexibility index (Phi) is 3.29. The third-order valence-corrected chi connectivity index (χ3v) is 5.49.